The van der Waals surface area contributed by atoms with Crippen molar-refractivity contribution in [1.29, 1.82) is 5.26 Å². The molecule has 0 spiro atoms. The Morgan fingerprint density at radius 3 is 3.00 bits per heavy atom. The summed E-state index contributed by atoms with van der Waals surface area (Å²) in [7, 11) is 0. The van der Waals surface area contributed by atoms with Crippen LogP contribution in [0.25, 0.3) is 0 Å². The molecule has 1 aromatic rings. The van der Waals surface area contributed by atoms with Gasteiger partial charge in [-0.3, -0.25) is 0 Å². The van der Waals surface area contributed by atoms with Crippen molar-refractivity contribution in [2.24, 2.45) is 5.92 Å². The largest absolute Gasteiger partial charge is 0.354 e. The minimum Gasteiger partial charge on any atom is -0.354 e. The molecule has 0 aliphatic carbocycles. The van der Waals surface area contributed by atoms with Gasteiger partial charge in [-0.15, -0.1) is 0 Å². The zero-order valence-corrected chi connectivity index (χ0v) is 8.14. The Balaban J connectivity index is 2.08. The molecule has 72 valence electrons. The number of aryl methyl sites for hydroxylation is 1. The van der Waals surface area contributed by atoms with Crippen LogP contribution in [0.2, 0.25) is 0 Å². The SMILES string of the molecule is CCc1cc(N2CC(C#N)C2)ncn1. The Labute approximate surface area is 83.2 Å². The first kappa shape index (κ1) is 8.95. The number of nitriles is 1. The Hall–Kier alpha value is -1.63. The lowest BCUT2D eigenvalue weighted by Gasteiger charge is -2.36. The van der Waals surface area contributed by atoms with Crippen molar-refractivity contribution in [3.63, 3.8) is 0 Å². The van der Waals surface area contributed by atoms with Gasteiger partial charge in [0.05, 0.1) is 12.0 Å². The molecule has 0 saturated carbocycles. The molecule has 0 N–H and O–H groups in total. The van der Waals surface area contributed by atoms with E-state index >= 15 is 0 Å². The second kappa shape index (κ2) is 3.62. The quantitative estimate of drug-likeness (QED) is 0.694. The minimum atomic E-state index is 0.176. The van der Waals surface area contributed by atoms with E-state index in [1.807, 2.05) is 6.07 Å². The molecule has 0 unspecified atom stereocenters. The van der Waals surface area contributed by atoms with E-state index < -0.39 is 0 Å². The molecule has 2 heterocycles. The highest BCUT2D eigenvalue weighted by Crippen LogP contribution is 2.21. The average molecular weight is 188 g/mol. The van der Waals surface area contributed by atoms with Gasteiger partial charge in [-0.1, -0.05) is 6.92 Å². The fraction of sp³-hybridized carbons (Fsp3) is 0.500. The molecule has 1 aliphatic heterocycles. The third-order valence-corrected chi connectivity index (χ3v) is 2.46. The van der Waals surface area contributed by atoms with Gasteiger partial charge in [-0.2, -0.15) is 5.26 Å². The molecule has 1 aromatic heterocycles. The van der Waals surface area contributed by atoms with Crippen molar-refractivity contribution in [3.05, 3.63) is 18.1 Å². The molecule has 0 amide bonds. The van der Waals surface area contributed by atoms with Gasteiger partial charge >= 0.3 is 0 Å². The lowest BCUT2D eigenvalue weighted by Crippen LogP contribution is -2.46. The fourth-order valence-corrected chi connectivity index (χ4v) is 1.50. The highest BCUT2D eigenvalue weighted by atomic mass is 15.2. The zero-order chi connectivity index (χ0) is 9.97. The van der Waals surface area contributed by atoms with Crippen LogP contribution in [-0.4, -0.2) is 23.1 Å². The molecule has 1 saturated heterocycles. The maximum absolute atomic E-state index is 8.64. The summed E-state index contributed by atoms with van der Waals surface area (Å²) < 4.78 is 0. The normalized spacial score (nSPS) is 16.1. The Morgan fingerprint density at radius 1 is 1.57 bits per heavy atom. The number of nitrogens with zero attached hydrogens (tertiary/aromatic N) is 4. The second-order valence-electron chi connectivity index (χ2n) is 3.45. The number of hydrogen-bond acceptors (Lipinski definition) is 4. The van der Waals surface area contributed by atoms with Gasteiger partial charge in [0.1, 0.15) is 12.1 Å². The molecule has 14 heavy (non-hydrogen) atoms. The standard InChI is InChI=1S/C10H12N4/c1-2-9-3-10(13-7-12-9)14-5-8(4-11)6-14/h3,7-8H,2,5-6H2,1H3. The maximum Gasteiger partial charge on any atom is 0.132 e. The van der Waals surface area contributed by atoms with E-state index in [-0.39, 0.29) is 5.92 Å². The van der Waals surface area contributed by atoms with Crippen molar-refractivity contribution in [3.8, 4) is 6.07 Å². The minimum absolute atomic E-state index is 0.176. The van der Waals surface area contributed by atoms with E-state index in [2.05, 4.69) is 27.9 Å². The van der Waals surface area contributed by atoms with Crippen LogP contribution < -0.4 is 4.90 Å². The summed E-state index contributed by atoms with van der Waals surface area (Å²) in [5.74, 6) is 1.12. The number of hydrogen-bond donors (Lipinski definition) is 0. The van der Waals surface area contributed by atoms with Crippen molar-refractivity contribution in [2.45, 2.75) is 13.3 Å². The van der Waals surface area contributed by atoms with Crippen molar-refractivity contribution in [2.75, 3.05) is 18.0 Å². The highest BCUT2D eigenvalue weighted by Gasteiger charge is 2.27. The van der Waals surface area contributed by atoms with Crippen LogP contribution >= 0.6 is 0 Å². The summed E-state index contributed by atoms with van der Waals surface area (Å²) in [6.07, 6.45) is 2.51. The van der Waals surface area contributed by atoms with Crippen LogP contribution in [0.1, 0.15) is 12.6 Å². The van der Waals surface area contributed by atoms with E-state index in [4.69, 9.17) is 5.26 Å². The van der Waals surface area contributed by atoms with Gasteiger partial charge < -0.3 is 4.90 Å². The van der Waals surface area contributed by atoms with Gasteiger partial charge in [-0.05, 0) is 6.42 Å². The molecule has 1 fully saturated rings. The third kappa shape index (κ3) is 1.53. The monoisotopic (exact) mass is 188 g/mol. The fourth-order valence-electron chi connectivity index (χ4n) is 1.50. The molecule has 0 atom stereocenters. The van der Waals surface area contributed by atoms with Gasteiger partial charge in [0, 0.05) is 24.8 Å². The molecule has 4 heteroatoms. The summed E-state index contributed by atoms with van der Waals surface area (Å²) in [5.41, 5.74) is 1.05. The van der Waals surface area contributed by atoms with Crippen LogP contribution in [-0.2, 0) is 6.42 Å². The van der Waals surface area contributed by atoms with Crippen LogP contribution in [0.15, 0.2) is 12.4 Å². The number of rotatable bonds is 2. The predicted octanol–water partition coefficient (Wildman–Crippen LogP) is 0.999. The van der Waals surface area contributed by atoms with Crippen LogP contribution in [0.5, 0.6) is 0 Å². The van der Waals surface area contributed by atoms with Crippen LogP contribution in [0.4, 0.5) is 5.82 Å². The number of anilines is 1. The molecule has 4 nitrogen and oxygen atoms in total. The summed E-state index contributed by atoms with van der Waals surface area (Å²) in [4.78, 5) is 10.4. The summed E-state index contributed by atoms with van der Waals surface area (Å²) in [6.45, 7) is 3.67. The summed E-state index contributed by atoms with van der Waals surface area (Å²) in [5, 5.41) is 8.64. The van der Waals surface area contributed by atoms with Crippen molar-refractivity contribution >= 4 is 5.82 Å². The van der Waals surface area contributed by atoms with Gasteiger partial charge in [-0.25, -0.2) is 9.97 Å². The lowest BCUT2D eigenvalue weighted by atomic mass is 10.0. The maximum atomic E-state index is 8.64. The predicted molar refractivity (Wildman–Crippen MR) is 52.7 cm³/mol. The van der Waals surface area contributed by atoms with Gasteiger partial charge in [0.15, 0.2) is 0 Å². The Kier molecular flexibility index (Phi) is 2.32. The first-order valence-corrected chi connectivity index (χ1v) is 4.79. The van der Waals surface area contributed by atoms with Crippen LogP contribution in [0, 0.1) is 17.2 Å². The van der Waals surface area contributed by atoms with Crippen molar-refractivity contribution in [1.82, 2.24) is 9.97 Å². The first-order chi connectivity index (χ1) is 6.83. The molecule has 0 radical (unpaired) electrons. The molecular weight excluding hydrogens is 176 g/mol. The van der Waals surface area contributed by atoms with E-state index in [1.54, 1.807) is 6.33 Å². The summed E-state index contributed by atoms with van der Waals surface area (Å²) in [6, 6.07) is 4.24. The molecule has 2 rings (SSSR count). The third-order valence-electron chi connectivity index (χ3n) is 2.46. The zero-order valence-electron chi connectivity index (χ0n) is 8.14. The number of aromatic nitrogens is 2. The molecule has 0 aromatic carbocycles. The van der Waals surface area contributed by atoms with Gasteiger partial charge in [0.2, 0.25) is 0 Å². The summed E-state index contributed by atoms with van der Waals surface area (Å²) >= 11 is 0. The average Bonchev–Trinajstić information content (AvgIpc) is 2.17. The molecule has 1 aliphatic rings. The molecular formula is C10H12N4. The van der Waals surface area contributed by atoms with E-state index in [1.165, 1.54) is 0 Å². The van der Waals surface area contributed by atoms with E-state index in [9.17, 15) is 0 Å². The first-order valence-electron chi connectivity index (χ1n) is 4.79. The smallest absolute Gasteiger partial charge is 0.132 e. The van der Waals surface area contributed by atoms with Crippen molar-refractivity contribution < 1.29 is 0 Å². The lowest BCUT2D eigenvalue weighted by molar-refractivity contribution is 0.499. The van der Waals surface area contributed by atoms with Gasteiger partial charge in [0.25, 0.3) is 0 Å². The Morgan fingerprint density at radius 2 is 2.36 bits per heavy atom. The second-order valence-corrected chi connectivity index (χ2v) is 3.45. The highest BCUT2D eigenvalue weighted by molar-refractivity contribution is 5.43. The molecule has 0 bridgehead atoms. The topological polar surface area (TPSA) is 52.8 Å². The van der Waals surface area contributed by atoms with E-state index in [0.717, 1.165) is 31.0 Å². The van der Waals surface area contributed by atoms with E-state index in [0.29, 0.717) is 0 Å². The van der Waals surface area contributed by atoms with Crippen LogP contribution in [0.3, 0.4) is 0 Å². The Bertz CT molecular complexity index is 363.